The van der Waals surface area contributed by atoms with Gasteiger partial charge < -0.3 is 10.3 Å². The number of piperidine rings is 1. The van der Waals surface area contributed by atoms with Gasteiger partial charge in [0.05, 0.1) is 6.54 Å². The normalized spacial score (nSPS) is 22.8. The molecule has 0 spiro atoms. The topological polar surface area (TPSA) is 68.2 Å². The summed E-state index contributed by atoms with van der Waals surface area (Å²) < 4.78 is 5.35. The predicted octanol–water partition coefficient (Wildman–Crippen LogP) is 2.33. The smallest absolute Gasteiger partial charge is 0.241 e. The molecule has 5 nitrogen and oxygen atoms in total. The van der Waals surface area contributed by atoms with Crippen molar-refractivity contribution in [2.75, 3.05) is 13.1 Å². The van der Waals surface area contributed by atoms with E-state index in [1.54, 1.807) is 0 Å². The Morgan fingerprint density at radius 2 is 2.10 bits per heavy atom. The highest BCUT2D eigenvalue weighted by atomic mass is 35.5. The molecule has 1 aromatic carbocycles. The molecule has 2 aromatic rings. The van der Waals surface area contributed by atoms with Crippen LogP contribution < -0.4 is 5.73 Å². The van der Waals surface area contributed by atoms with Crippen LogP contribution in [0.5, 0.6) is 0 Å². The van der Waals surface area contributed by atoms with Crippen molar-refractivity contribution in [2.24, 2.45) is 11.7 Å². The number of nitrogens with zero attached hydrogens (tertiary/aromatic N) is 3. The largest absolute Gasteiger partial charge is 0.338 e. The van der Waals surface area contributed by atoms with E-state index in [1.807, 2.05) is 30.3 Å². The number of likely N-dealkylation sites (tertiary alicyclic amines) is 1. The summed E-state index contributed by atoms with van der Waals surface area (Å²) in [6, 6.07) is 10.2. The van der Waals surface area contributed by atoms with E-state index in [0.29, 0.717) is 30.2 Å². The summed E-state index contributed by atoms with van der Waals surface area (Å²) in [5.74, 6) is 1.84. The Kier molecular flexibility index (Phi) is 5.33. The summed E-state index contributed by atoms with van der Waals surface area (Å²) in [5, 5.41) is 4.05. The average molecular weight is 309 g/mol. The quantitative estimate of drug-likeness (QED) is 0.942. The molecule has 0 aliphatic carbocycles. The summed E-state index contributed by atoms with van der Waals surface area (Å²) in [4.78, 5) is 6.80. The standard InChI is InChI=1S/C15H20N4O.ClH/c1-11-9-19(8-7-13(11)16)10-14-17-15(18-20-14)12-5-3-2-4-6-12;/h2-6,11,13H,7-10,16H2,1H3;1H. The second-order valence-electron chi connectivity index (χ2n) is 5.54. The number of aromatic nitrogens is 2. The molecule has 1 aliphatic rings. The molecule has 0 saturated carbocycles. The lowest BCUT2D eigenvalue weighted by Gasteiger charge is -2.34. The summed E-state index contributed by atoms with van der Waals surface area (Å²) in [6.45, 7) is 4.88. The van der Waals surface area contributed by atoms with Gasteiger partial charge in [-0.3, -0.25) is 4.90 Å². The van der Waals surface area contributed by atoms with Crippen molar-refractivity contribution >= 4 is 12.4 Å². The van der Waals surface area contributed by atoms with E-state index >= 15 is 0 Å². The monoisotopic (exact) mass is 308 g/mol. The first-order valence-corrected chi connectivity index (χ1v) is 7.08. The predicted molar refractivity (Wildman–Crippen MR) is 84.0 cm³/mol. The highest BCUT2D eigenvalue weighted by molar-refractivity contribution is 5.85. The van der Waals surface area contributed by atoms with Gasteiger partial charge in [-0.1, -0.05) is 42.4 Å². The lowest BCUT2D eigenvalue weighted by molar-refractivity contribution is 0.142. The molecule has 2 N–H and O–H groups in total. The van der Waals surface area contributed by atoms with E-state index in [-0.39, 0.29) is 12.4 Å². The number of nitrogens with two attached hydrogens (primary N) is 1. The van der Waals surface area contributed by atoms with Crippen LogP contribution in [0.15, 0.2) is 34.9 Å². The molecule has 1 fully saturated rings. The van der Waals surface area contributed by atoms with Crippen LogP contribution in [-0.2, 0) is 6.54 Å². The molecule has 6 heteroatoms. The third kappa shape index (κ3) is 3.81. The van der Waals surface area contributed by atoms with Crippen molar-refractivity contribution in [1.29, 1.82) is 0 Å². The molecule has 114 valence electrons. The van der Waals surface area contributed by atoms with Gasteiger partial charge in [0.15, 0.2) is 0 Å². The van der Waals surface area contributed by atoms with Crippen molar-refractivity contribution < 1.29 is 4.52 Å². The minimum absolute atomic E-state index is 0. The molecule has 3 rings (SSSR count). The van der Waals surface area contributed by atoms with Gasteiger partial charge in [-0.05, 0) is 12.3 Å². The maximum atomic E-state index is 6.04. The second kappa shape index (κ2) is 7.02. The van der Waals surface area contributed by atoms with Gasteiger partial charge in [-0.2, -0.15) is 4.98 Å². The van der Waals surface area contributed by atoms with Gasteiger partial charge in [0.2, 0.25) is 11.7 Å². The van der Waals surface area contributed by atoms with Crippen LogP contribution in [0.3, 0.4) is 0 Å². The zero-order chi connectivity index (χ0) is 13.9. The van der Waals surface area contributed by atoms with Gasteiger partial charge in [0.25, 0.3) is 0 Å². The fourth-order valence-electron chi connectivity index (χ4n) is 2.61. The van der Waals surface area contributed by atoms with Crippen LogP contribution >= 0.6 is 12.4 Å². The third-order valence-electron chi connectivity index (χ3n) is 3.91. The van der Waals surface area contributed by atoms with Crippen LogP contribution in [0.1, 0.15) is 19.2 Å². The summed E-state index contributed by atoms with van der Waals surface area (Å²) in [5.41, 5.74) is 7.02. The fourth-order valence-corrected chi connectivity index (χ4v) is 2.61. The minimum atomic E-state index is 0. The van der Waals surface area contributed by atoms with Gasteiger partial charge in [-0.15, -0.1) is 12.4 Å². The number of rotatable bonds is 3. The number of halogens is 1. The molecule has 0 radical (unpaired) electrons. The minimum Gasteiger partial charge on any atom is -0.338 e. The maximum Gasteiger partial charge on any atom is 0.241 e. The molecular formula is C15H21ClN4O. The Morgan fingerprint density at radius 3 is 2.81 bits per heavy atom. The first kappa shape index (κ1) is 15.9. The van der Waals surface area contributed by atoms with Crippen molar-refractivity contribution in [3.05, 3.63) is 36.2 Å². The van der Waals surface area contributed by atoms with Crippen molar-refractivity contribution in [2.45, 2.75) is 25.9 Å². The van der Waals surface area contributed by atoms with E-state index in [2.05, 4.69) is 22.0 Å². The number of hydrogen-bond acceptors (Lipinski definition) is 5. The molecule has 1 saturated heterocycles. The van der Waals surface area contributed by atoms with E-state index < -0.39 is 0 Å². The third-order valence-corrected chi connectivity index (χ3v) is 3.91. The van der Waals surface area contributed by atoms with Crippen LogP contribution in [0, 0.1) is 5.92 Å². The van der Waals surface area contributed by atoms with Crippen LogP contribution in [-0.4, -0.2) is 34.2 Å². The summed E-state index contributed by atoms with van der Waals surface area (Å²) in [6.07, 6.45) is 1.03. The van der Waals surface area contributed by atoms with Crippen LogP contribution in [0.4, 0.5) is 0 Å². The zero-order valence-corrected chi connectivity index (χ0v) is 12.9. The molecule has 1 aliphatic heterocycles. The van der Waals surface area contributed by atoms with E-state index in [4.69, 9.17) is 10.3 Å². The first-order chi connectivity index (χ1) is 9.72. The van der Waals surface area contributed by atoms with Gasteiger partial charge >= 0.3 is 0 Å². The van der Waals surface area contributed by atoms with Crippen molar-refractivity contribution in [3.63, 3.8) is 0 Å². The molecular weight excluding hydrogens is 288 g/mol. The Bertz CT molecular complexity index is 560. The maximum absolute atomic E-state index is 6.04. The van der Waals surface area contributed by atoms with Gasteiger partial charge in [0.1, 0.15) is 0 Å². The van der Waals surface area contributed by atoms with Crippen LogP contribution in [0.25, 0.3) is 11.4 Å². The van der Waals surface area contributed by atoms with Crippen molar-refractivity contribution in [1.82, 2.24) is 15.0 Å². The molecule has 0 bridgehead atoms. The second-order valence-corrected chi connectivity index (χ2v) is 5.54. The molecule has 2 heterocycles. The number of benzene rings is 1. The molecule has 2 unspecified atom stereocenters. The molecule has 1 aromatic heterocycles. The lowest BCUT2D eigenvalue weighted by atomic mass is 9.95. The van der Waals surface area contributed by atoms with Gasteiger partial charge in [-0.25, -0.2) is 0 Å². The summed E-state index contributed by atoms with van der Waals surface area (Å²) in [7, 11) is 0. The first-order valence-electron chi connectivity index (χ1n) is 7.08. The van der Waals surface area contributed by atoms with E-state index in [1.165, 1.54) is 0 Å². The molecule has 2 atom stereocenters. The zero-order valence-electron chi connectivity index (χ0n) is 12.1. The highest BCUT2D eigenvalue weighted by Gasteiger charge is 2.24. The Balaban J connectivity index is 0.00000161. The Morgan fingerprint density at radius 1 is 1.33 bits per heavy atom. The summed E-state index contributed by atoms with van der Waals surface area (Å²) >= 11 is 0. The van der Waals surface area contributed by atoms with E-state index in [0.717, 1.165) is 25.1 Å². The average Bonchev–Trinajstić information content (AvgIpc) is 2.92. The van der Waals surface area contributed by atoms with Crippen molar-refractivity contribution in [3.8, 4) is 11.4 Å². The Hall–Kier alpha value is -1.43. The van der Waals surface area contributed by atoms with Crippen LogP contribution in [0.2, 0.25) is 0 Å². The highest BCUT2D eigenvalue weighted by Crippen LogP contribution is 2.19. The molecule has 21 heavy (non-hydrogen) atoms. The fraction of sp³-hybridized carbons (Fsp3) is 0.467. The van der Waals surface area contributed by atoms with Gasteiger partial charge in [0, 0.05) is 24.7 Å². The number of hydrogen-bond donors (Lipinski definition) is 1. The Labute approximate surface area is 130 Å². The lowest BCUT2D eigenvalue weighted by Crippen LogP contribution is -2.45. The van der Waals surface area contributed by atoms with E-state index in [9.17, 15) is 0 Å². The SMILES string of the molecule is CC1CN(Cc2nc(-c3ccccc3)no2)CCC1N.Cl. The molecule has 0 amide bonds.